The van der Waals surface area contributed by atoms with Crippen molar-refractivity contribution >= 4 is 28.7 Å². The predicted molar refractivity (Wildman–Crippen MR) is 64.2 cm³/mol. The van der Waals surface area contributed by atoms with Gasteiger partial charge in [0, 0.05) is 12.3 Å². The molecule has 6 heteroatoms. The van der Waals surface area contributed by atoms with Gasteiger partial charge < -0.3 is 4.74 Å². The normalized spacial score (nSPS) is 11.8. The van der Waals surface area contributed by atoms with Gasteiger partial charge in [-0.1, -0.05) is 11.6 Å². The molecular formula is C11H12ClN3O2. The fourth-order valence-electron chi connectivity index (χ4n) is 1.38. The van der Waals surface area contributed by atoms with Crippen molar-refractivity contribution in [3.05, 3.63) is 23.5 Å². The molecule has 0 N–H and O–H groups in total. The molecule has 17 heavy (non-hydrogen) atoms. The Balaban J connectivity index is 2.42. The number of rotatable bonds is 0. The summed E-state index contributed by atoms with van der Waals surface area (Å²) in [5, 5.41) is 7.81. The topological polar surface area (TPSA) is 57.0 Å². The number of hydrogen-bond donors (Lipinski definition) is 0. The Morgan fingerprint density at radius 2 is 2.12 bits per heavy atom. The first-order chi connectivity index (χ1) is 7.87. The number of fused-ring (bicyclic) bond motifs is 1. The fraction of sp³-hybridized carbons (Fsp3) is 0.364. The van der Waals surface area contributed by atoms with Gasteiger partial charge in [0.2, 0.25) is 0 Å². The van der Waals surface area contributed by atoms with E-state index in [0.717, 1.165) is 0 Å². The van der Waals surface area contributed by atoms with Crippen molar-refractivity contribution in [3.63, 3.8) is 0 Å². The first-order valence-corrected chi connectivity index (χ1v) is 5.48. The third kappa shape index (κ3) is 2.55. The van der Waals surface area contributed by atoms with Crippen LogP contribution in [0.25, 0.3) is 11.0 Å². The molecular weight excluding hydrogens is 242 g/mol. The van der Waals surface area contributed by atoms with Crippen molar-refractivity contribution in [2.24, 2.45) is 0 Å². The van der Waals surface area contributed by atoms with Crippen molar-refractivity contribution in [2.75, 3.05) is 0 Å². The lowest BCUT2D eigenvalue weighted by molar-refractivity contribution is 0.0544. The van der Waals surface area contributed by atoms with Crippen LogP contribution >= 0.6 is 11.6 Å². The van der Waals surface area contributed by atoms with E-state index in [1.165, 1.54) is 4.57 Å². The molecule has 0 atom stereocenters. The van der Waals surface area contributed by atoms with Crippen LogP contribution in [-0.4, -0.2) is 26.5 Å². The van der Waals surface area contributed by atoms with Gasteiger partial charge in [0.25, 0.3) is 0 Å². The largest absolute Gasteiger partial charge is 0.443 e. The maximum atomic E-state index is 11.9. The van der Waals surface area contributed by atoms with Crippen molar-refractivity contribution in [1.29, 1.82) is 0 Å². The molecule has 0 aromatic carbocycles. The van der Waals surface area contributed by atoms with Crippen LogP contribution in [-0.2, 0) is 4.74 Å². The van der Waals surface area contributed by atoms with Crippen LogP contribution in [0.1, 0.15) is 20.8 Å². The molecule has 0 unspecified atom stereocenters. The molecule has 2 rings (SSSR count). The second-order valence-electron chi connectivity index (χ2n) is 4.60. The number of carbonyl (C=O) groups is 1. The van der Waals surface area contributed by atoms with Gasteiger partial charge in [0.15, 0.2) is 5.15 Å². The number of ether oxygens (including phenoxy) is 1. The summed E-state index contributed by atoms with van der Waals surface area (Å²) in [4.78, 5) is 11.9. The highest BCUT2D eigenvalue weighted by molar-refractivity contribution is 6.29. The fourth-order valence-corrected chi connectivity index (χ4v) is 1.52. The van der Waals surface area contributed by atoms with Gasteiger partial charge in [-0.3, -0.25) is 4.57 Å². The van der Waals surface area contributed by atoms with Gasteiger partial charge >= 0.3 is 6.09 Å². The summed E-state index contributed by atoms with van der Waals surface area (Å²) in [5.41, 5.74) is 0.636. The van der Waals surface area contributed by atoms with Crippen LogP contribution in [0.4, 0.5) is 4.79 Å². The number of hydrogen-bond acceptors (Lipinski definition) is 4. The first-order valence-electron chi connectivity index (χ1n) is 5.10. The first kappa shape index (κ1) is 11.9. The average Bonchev–Trinajstić information content (AvgIpc) is 2.57. The van der Waals surface area contributed by atoms with E-state index in [9.17, 15) is 4.79 Å². The van der Waals surface area contributed by atoms with E-state index in [4.69, 9.17) is 16.3 Å². The Hall–Kier alpha value is -1.62. The predicted octanol–water partition coefficient (Wildman–Crippen LogP) is 2.87. The van der Waals surface area contributed by atoms with Crippen LogP contribution in [0.15, 0.2) is 18.3 Å². The maximum absolute atomic E-state index is 11.9. The van der Waals surface area contributed by atoms with Crippen LogP contribution in [0.2, 0.25) is 5.15 Å². The van der Waals surface area contributed by atoms with Crippen LogP contribution < -0.4 is 0 Å². The molecule has 0 aliphatic heterocycles. The molecule has 0 aliphatic carbocycles. The highest BCUT2D eigenvalue weighted by atomic mass is 35.5. The quantitative estimate of drug-likeness (QED) is 0.724. The average molecular weight is 254 g/mol. The SMILES string of the molecule is CC(C)(C)OC(=O)n1ccc2nnc(Cl)cc21. The van der Waals surface area contributed by atoms with Crippen LogP contribution in [0.5, 0.6) is 0 Å². The van der Waals surface area contributed by atoms with E-state index in [2.05, 4.69) is 10.2 Å². The Labute approximate surface area is 103 Å². The third-order valence-electron chi connectivity index (χ3n) is 2.00. The zero-order chi connectivity index (χ0) is 12.6. The Morgan fingerprint density at radius 3 is 2.76 bits per heavy atom. The Kier molecular flexibility index (Phi) is 2.79. The highest BCUT2D eigenvalue weighted by Gasteiger charge is 2.19. The van der Waals surface area contributed by atoms with Gasteiger partial charge in [-0.05, 0) is 26.8 Å². The van der Waals surface area contributed by atoms with E-state index >= 15 is 0 Å². The standard InChI is InChI=1S/C11H12ClN3O2/c1-11(2,3)17-10(16)15-5-4-7-8(15)6-9(12)14-13-7/h4-6H,1-3H3. The monoisotopic (exact) mass is 253 g/mol. The smallest absolute Gasteiger partial charge is 0.419 e. The zero-order valence-corrected chi connectivity index (χ0v) is 10.5. The number of nitrogens with zero attached hydrogens (tertiary/aromatic N) is 3. The zero-order valence-electron chi connectivity index (χ0n) is 9.77. The van der Waals surface area contributed by atoms with Crippen LogP contribution in [0, 0.1) is 0 Å². The summed E-state index contributed by atoms with van der Waals surface area (Å²) in [5.74, 6) is 0. The highest BCUT2D eigenvalue weighted by Crippen LogP contribution is 2.18. The second-order valence-corrected chi connectivity index (χ2v) is 4.99. The molecule has 90 valence electrons. The molecule has 0 radical (unpaired) electrons. The molecule has 0 fully saturated rings. The van der Waals surface area contributed by atoms with E-state index in [-0.39, 0.29) is 5.15 Å². The van der Waals surface area contributed by atoms with E-state index in [0.29, 0.717) is 11.0 Å². The van der Waals surface area contributed by atoms with Gasteiger partial charge in [-0.15, -0.1) is 10.2 Å². The number of halogens is 1. The molecule has 5 nitrogen and oxygen atoms in total. The van der Waals surface area contributed by atoms with Crippen molar-refractivity contribution < 1.29 is 9.53 Å². The van der Waals surface area contributed by atoms with Gasteiger partial charge in [0.05, 0.1) is 5.52 Å². The lowest BCUT2D eigenvalue weighted by atomic mass is 10.2. The minimum absolute atomic E-state index is 0.237. The molecule has 0 bridgehead atoms. The molecule has 0 amide bonds. The number of carbonyl (C=O) groups excluding carboxylic acids is 1. The van der Waals surface area contributed by atoms with Crippen LogP contribution in [0.3, 0.4) is 0 Å². The van der Waals surface area contributed by atoms with E-state index in [1.807, 2.05) is 20.8 Å². The molecule has 0 spiro atoms. The molecule has 2 heterocycles. The molecule has 0 aliphatic rings. The third-order valence-corrected chi connectivity index (χ3v) is 2.19. The molecule has 2 aromatic heterocycles. The minimum atomic E-state index is -0.544. The van der Waals surface area contributed by atoms with E-state index in [1.54, 1.807) is 18.3 Å². The molecule has 0 saturated carbocycles. The van der Waals surface area contributed by atoms with E-state index < -0.39 is 11.7 Å². The van der Waals surface area contributed by atoms with Crippen molar-refractivity contribution in [3.8, 4) is 0 Å². The summed E-state index contributed by atoms with van der Waals surface area (Å²) < 4.78 is 6.63. The lowest BCUT2D eigenvalue weighted by Crippen LogP contribution is -2.26. The van der Waals surface area contributed by atoms with Gasteiger partial charge in [0.1, 0.15) is 11.1 Å². The summed E-state index contributed by atoms with van der Waals surface area (Å²) >= 11 is 5.75. The minimum Gasteiger partial charge on any atom is -0.443 e. The molecule has 2 aromatic rings. The number of aromatic nitrogens is 3. The summed E-state index contributed by atoms with van der Waals surface area (Å²) in [7, 11) is 0. The summed E-state index contributed by atoms with van der Waals surface area (Å²) in [6, 6.07) is 3.26. The maximum Gasteiger partial charge on any atom is 0.419 e. The Bertz CT molecular complexity index is 572. The van der Waals surface area contributed by atoms with Gasteiger partial charge in [-0.25, -0.2) is 4.79 Å². The van der Waals surface area contributed by atoms with Gasteiger partial charge in [-0.2, -0.15) is 0 Å². The summed E-state index contributed by atoms with van der Waals surface area (Å²) in [6.07, 6.45) is 1.13. The van der Waals surface area contributed by atoms with Crippen molar-refractivity contribution in [1.82, 2.24) is 14.8 Å². The Morgan fingerprint density at radius 1 is 1.41 bits per heavy atom. The lowest BCUT2D eigenvalue weighted by Gasteiger charge is -2.19. The molecule has 0 saturated heterocycles. The second kappa shape index (κ2) is 4.00. The summed E-state index contributed by atoms with van der Waals surface area (Å²) in [6.45, 7) is 5.43. The van der Waals surface area contributed by atoms with Crippen molar-refractivity contribution in [2.45, 2.75) is 26.4 Å².